The van der Waals surface area contributed by atoms with Crippen LogP contribution in [-0.2, 0) is 6.42 Å². The number of benzene rings is 2. The first-order valence-electron chi connectivity index (χ1n) is 9.72. The SMILES string of the molecule is CC1(C)CCCC(C)(C)N1O.O=C(O)c1cccc2c1Oc1ccccc1C2. The lowest BCUT2D eigenvalue weighted by atomic mass is 9.82. The normalized spacial score (nSPS) is 19.3. The minimum Gasteiger partial charge on any atom is -0.478 e. The summed E-state index contributed by atoms with van der Waals surface area (Å²) >= 11 is 0. The predicted molar refractivity (Wildman–Crippen MR) is 108 cm³/mol. The molecule has 5 heteroatoms. The van der Waals surface area contributed by atoms with Crippen molar-refractivity contribution in [3.05, 3.63) is 59.2 Å². The lowest BCUT2D eigenvalue weighted by molar-refractivity contribution is -0.241. The van der Waals surface area contributed by atoms with E-state index in [2.05, 4.69) is 27.7 Å². The fourth-order valence-electron chi connectivity index (χ4n) is 4.06. The van der Waals surface area contributed by atoms with Crippen molar-refractivity contribution in [1.29, 1.82) is 0 Å². The molecule has 0 aromatic heterocycles. The smallest absolute Gasteiger partial charge is 0.339 e. The summed E-state index contributed by atoms with van der Waals surface area (Å²) in [5, 5.41) is 20.4. The number of carboxylic acids is 1. The van der Waals surface area contributed by atoms with Crippen LogP contribution in [-0.4, -0.2) is 32.4 Å². The summed E-state index contributed by atoms with van der Waals surface area (Å²) in [5.41, 5.74) is 2.15. The molecule has 0 saturated carbocycles. The molecule has 2 aliphatic rings. The molecule has 5 nitrogen and oxygen atoms in total. The molecule has 1 saturated heterocycles. The Hall–Kier alpha value is -2.37. The number of aromatic carboxylic acids is 1. The monoisotopic (exact) mass is 383 g/mol. The number of hydroxylamine groups is 2. The van der Waals surface area contributed by atoms with Crippen LogP contribution in [0.3, 0.4) is 0 Å². The van der Waals surface area contributed by atoms with Crippen molar-refractivity contribution in [2.24, 2.45) is 0 Å². The number of piperidine rings is 1. The summed E-state index contributed by atoms with van der Waals surface area (Å²) in [7, 11) is 0. The highest BCUT2D eigenvalue weighted by Gasteiger charge is 2.40. The molecule has 2 aliphatic heterocycles. The van der Waals surface area contributed by atoms with Gasteiger partial charge in [-0.25, -0.2) is 4.79 Å². The number of rotatable bonds is 1. The number of fused-ring (bicyclic) bond motifs is 2. The number of carbonyl (C=O) groups is 1. The maximum absolute atomic E-state index is 11.1. The highest BCUT2D eigenvalue weighted by Crippen LogP contribution is 2.38. The molecule has 4 rings (SSSR count). The molecule has 1 fully saturated rings. The van der Waals surface area contributed by atoms with E-state index >= 15 is 0 Å². The minimum absolute atomic E-state index is 0.0399. The Balaban J connectivity index is 0.000000178. The van der Waals surface area contributed by atoms with Crippen LogP contribution in [0.2, 0.25) is 0 Å². The third-order valence-electron chi connectivity index (χ3n) is 5.62. The number of carboxylic acid groups (broad SMARTS) is 1. The first kappa shape index (κ1) is 20.4. The lowest BCUT2D eigenvalue weighted by Crippen LogP contribution is -2.56. The van der Waals surface area contributed by atoms with Gasteiger partial charge in [-0.05, 0) is 64.7 Å². The molecular formula is C23H29NO4. The third kappa shape index (κ3) is 4.05. The maximum Gasteiger partial charge on any atom is 0.339 e. The van der Waals surface area contributed by atoms with E-state index in [-0.39, 0.29) is 16.6 Å². The molecule has 0 aliphatic carbocycles. The van der Waals surface area contributed by atoms with Crippen LogP contribution in [0.25, 0.3) is 0 Å². The van der Waals surface area contributed by atoms with Gasteiger partial charge in [0.2, 0.25) is 0 Å². The van der Waals surface area contributed by atoms with Crippen molar-refractivity contribution < 1.29 is 19.8 Å². The molecule has 0 unspecified atom stereocenters. The number of hydrogen-bond acceptors (Lipinski definition) is 4. The van der Waals surface area contributed by atoms with Gasteiger partial charge >= 0.3 is 5.97 Å². The van der Waals surface area contributed by atoms with Crippen LogP contribution in [0.5, 0.6) is 11.5 Å². The quantitative estimate of drug-likeness (QED) is 0.581. The Morgan fingerprint density at radius 2 is 1.57 bits per heavy atom. The highest BCUT2D eigenvalue weighted by molar-refractivity contribution is 5.91. The van der Waals surface area contributed by atoms with Crippen LogP contribution < -0.4 is 4.74 Å². The Bertz CT molecular complexity index is 857. The van der Waals surface area contributed by atoms with Crippen molar-refractivity contribution in [3.63, 3.8) is 0 Å². The standard InChI is InChI=1S/C14H10O3.C9H19NO/c15-14(16)11-6-3-5-10-8-9-4-1-2-7-12(9)17-13(10)11;1-8(2)6-5-7-9(3,4)10(8)11/h1-7H,8H2,(H,15,16);11H,5-7H2,1-4H3. The zero-order valence-corrected chi connectivity index (χ0v) is 17.0. The number of hydrogen-bond donors (Lipinski definition) is 2. The van der Waals surface area contributed by atoms with Gasteiger partial charge in [0.05, 0.1) is 0 Å². The van der Waals surface area contributed by atoms with Crippen LogP contribution in [0.4, 0.5) is 0 Å². The average molecular weight is 383 g/mol. The topological polar surface area (TPSA) is 70.0 Å². The van der Waals surface area contributed by atoms with Gasteiger partial charge in [0.1, 0.15) is 17.1 Å². The minimum atomic E-state index is -0.957. The molecule has 2 heterocycles. The van der Waals surface area contributed by atoms with Gasteiger partial charge in [-0.15, -0.1) is 0 Å². The number of ether oxygens (including phenoxy) is 1. The van der Waals surface area contributed by atoms with E-state index in [1.54, 1.807) is 12.1 Å². The van der Waals surface area contributed by atoms with E-state index in [9.17, 15) is 10.0 Å². The van der Waals surface area contributed by atoms with Crippen molar-refractivity contribution in [2.45, 2.75) is 64.5 Å². The maximum atomic E-state index is 11.1. The summed E-state index contributed by atoms with van der Waals surface area (Å²) < 4.78 is 5.69. The summed E-state index contributed by atoms with van der Waals surface area (Å²) in [5.74, 6) is 0.258. The van der Waals surface area contributed by atoms with Gasteiger partial charge in [-0.1, -0.05) is 30.3 Å². The third-order valence-corrected chi connectivity index (χ3v) is 5.62. The van der Waals surface area contributed by atoms with E-state index < -0.39 is 5.97 Å². The number of para-hydroxylation sites is 2. The molecule has 28 heavy (non-hydrogen) atoms. The first-order valence-corrected chi connectivity index (χ1v) is 9.72. The highest BCUT2D eigenvalue weighted by atomic mass is 16.5. The second kappa shape index (κ2) is 7.57. The Morgan fingerprint density at radius 1 is 0.964 bits per heavy atom. The molecule has 2 N–H and O–H groups in total. The van der Waals surface area contributed by atoms with Crippen LogP contribution in [0.15, 0.2) is 42.5 Å². The Morgan fingerprint density at radius 3 is 2.18 bits per heavy atom. The zero-order valence-electron chi connectivity index (χ0n) is 17.0. The molecule has 0 radical (unpaired) electrons. The van der Waals surface area contributed by atoms with Crippen LogP contribution in [0.1, 0.15) is 68.4 Å². The average Bonchev–Trinajstić information content (AvgIpc) is 2.64. The van der Waals surface area contributed by atoms with Crippen molar-refractivity contribution in [2.75, 3.05) is 0 Å². The second-order valence-electron chi connectivity index (χ2n) is 8.78. The molecule has 0 spiro atoms. The zero-order chi connectivity index (χ0) is 20.5. The first-order chi connectivity index (χ1) is 13.1. The lowest BCUT2D eigenvalue weighted by Gasteiger charge is -2.48. The van der Waals surface area contributed by atoms with Gasteiger partial charge in [0, 0.05) is 23.1 Å². The van der Waals surface area contributed by atoms with E-state index in [4.69, 9.17) is 9.84 Å². The molecular weight excluding hydrogens is 354 g/mol. The Labute approximate surface area is 166 Å². The van der Waals surface area contributed by atoms with Gasteiger partial charge in [-0.2, -0.15) is 5.06 Å². The van der Waals surface area contributed by atoms with Gasteiger partial charge in [0.25, 0.3) is 0 Å². The largest absolute Gasteiger partial charge is 0.478 e. The summed E-state index contributed by atoms with van der Waals surface area (Å²) in [6, 6.07) is 12.9. The number of nitrogens with zero attached hydrogens (tertiary/aromatic N) is 1. The van der Waals surface area contributed by atoms with Gasteiger partial charge in [0.15, 0.2) is 0 Å². The van der Waals surface area contributed by atoms with Crippen molar-refractivity contribution in [3.8, 4) is 11.5 Å². The van der Waals surface area contributed by atoms with Crippen LogP contribution >= 0.6 is 0 Å². The van der Waals surface area contributed by atoms with E-state index in [1.807, 2.05) is 30.3 Å². The van der Waals surface area contributed by atoms with Crippen LogP contribution in [0, 0.1) is 0 Å². The fraction of sp³-hybridized carbons (Fsp3) is 0.435. The molecule has 0 bridgehead atoms. The summed E-state index contributed by atoms with van der Waals surface area (Å²) in [4.78, 5) is 11.1. The van der Waals surface area contributed by atoms with Gasteiger partial charge < -0.3 is 15.1 Å². The van der Waals surface area contributed by atoms with Crippen molar-refractivity contribution >= 4 is 5.97 Å². The molecule has 150 valence electrons. The summed E-state index contributed by atoms with van der Waals surface area (Å²) in [6.45, 7) is 8.36. The molecule has 2 aromatic rings. The van der Waals surface area contributed by atoms with Crippen molar-refractivity contribution in [1.82, 2.24) is 5.06 Å². The predicted octanol–water partition coefficient (Wildman–Crippen LogP) is 5.50. The second-order valence-corrected chi connectivity index (χ2v) is 8.78. The van der Waals surface area contributed by atoms with E-state index in [0.29, 0.717) is 12.2 Å². The van der Waals surface area contributed by atoms with E-state index in [0.717, 1.165) is 29.7 Å². The Kier molecular flexibility index (Phi) is 5.50. The van der Waals surface area contributed by atoms with Gasteiger partial charge in [-0.3, -0.25) is 0 Å². The molecule has 0 amide bonds. The van der Waals surface area contributed by atoms with E-state index in [1.165, 1.54) is 11.5 Å². The molecule has 2 aromatic carbocycles. The fourth-order valence-corrected chi connectivity index (χ4v) is 4.06. The summed E-state index contributed by atoms with van der Waals surface area (Å²) in [6.07, 6.45) is 4.11. The molecule has 0 atom stereocenters.